The lowest BCUT2D eigenvalue weighted by molar-refractivity contribution is -0.144. The highest BCUT2D eigenvalue weighted by atomic mass is 35.5. The van der Waals surface area contributed by atoms with Crippen LogP contribution in [0.1, 0.15) is 111 Å². The number of ether oxygens (including phenoxy) is 1. The van der Waals surface area contributed by atoms with Gasteiger partial charge in [0.05, 0.1) is 0 Å². The number of rotatable bonds is 9. The number of pyridine rings is 2. The van der Waals surface area contributed by atoms with E-state index < -0.39 is 6.10 Å². The van der Waals surface area contributed by atoms with Gasteiger partial charge in [0, 0.05) is 53.9 Å². The van der Waals surface area contributed by atoms with Gasteiger partial charge in [0.25, 0.3) is 0 Å². The molecule has 4 aromatic rings. The van der Waals surface area contributed by atoms with Crippen molar-refractivity contribution in [2.45, 2.75) is 108 Å². The summed E-state index contributed by atoms with van der Waals surface area (Å²) in [4.78, 5) is 23.6. The lowest BCUT2D eigenvalue weighted by Gasteiger charge is -2.31. The number of halogens is 1. The first-order valence-corrected chi connectivity index (χ1v) is 16.7. The Bertz CT molecular complexity index is 1630. The molecule has 258 valence electrons. The van der Waals surface area contributed by atoms with Crippen LogP contribution in [0.25, 0.3) is 22.3 Å². The fourth-order valence-electron chi connectivity index (χ4n) is 6.54. The number of benzene rings is 2. The van der Waals surface area contributed by atoms with E-state index in [0.29, 0.717) is 13.1 Å². The Balaban J connectivity index is 0.00000625. The third kappa shape index (κ3) is 8.90. The quantitative estimate of drug-likeness (QED) is 0.172. The predicted octanol–water partition coefficient (Wildman–Crippen LogP) is 9.21. The van der Waals surface area contributed by atoms with E-state index in [1.165, 1.54) is 6.92 Å². The summed E-state index contributed by atoms with van der Waals surface area (Å²) in [6.07, 6.45) is 0.709. The molecule has 2 heterocycles. The van der Waals surface area contributed by atoms with Crippen molar-refractivity contribution in [1.82, 2.24) is 9.97 Å². The molecule has 0 fully saturated rings. The van der Waals surface area contributed by atoms with E-state index >= 15 is 0 Å². The molecule has 6 nitrogen and oxygen atoms in total. The lowest BCUT2D eigenvalue weighted by atomic mass is 9.80. The minimum Gasteiger partial charge on any atom is -0.453 e. The molecule has 0 bridgehead atoms. The van der Waals surface area contributed by atoms with E-state index in [0.717, 1.165) is 91.3 Å². The number of esters is 1. The first-order valence-electron chi connectivity index (χ1n) is 16.7. The molecule has 0 atom stereocenters. The summed E-state index contributed by atoms with van der Waals surface area (Å²) in [5.41, 5.74) is 26.6. The molecule has 0 saturated carbocycles. The first kappa shape index (κ1) is 38.9. The molecule has 0 amide bonds. The fourth-order valence-corrected chi connectivity index (χ4v) is 6.54. The molecule has 0 saturated heterocycles. The molecule has 0 aliphatic rings. The standard InChI is InChI=1S/C41H54N4O2.ClH/c1-24-12-16-29(17-13-24)37-31(22-42)33(20-40(6,7)8)44-26(3)35(37)39(47-28(5)46)36-27(4)45-34(21-41(9,10)11)32(23-43)38(36)30-18-14-25(2)15-19-30;/h12-19,39H,20-23,42-43H2,1-11H3;1H. The SMILES string of the molecule is CC(=O)OC(c1c(C)nc(CC(C)(C)C)c(CN)c1-c1ccc(C)cc1)c1c(C)nc(CC(C)(C)C)c(CN)c1-c1ccc(C)cc1.Cl. The van der Waals surface area contributed by atoms with Crippen molar-refractivity contribution in [2.75, 3.05) is 0 Å². The number of carbonyl (C=O) groups is 1. The summed E-state index contributed by atoms with van der Waals surface area (Å²) in [5.74, 6) is -0.389. The Morgan fingerprint density at radius 2 is 1.00 bits per heavy atom. The third-order valence-electron chi connectivity index (χ3n) is 8.52. The molecule has 4 rings (SSSR count). The molecule has 2 aromatic heterocycles. The van der Waals surface area contributed by atoms with E-state index in [2.05, 4.69) is 104 Å². The zero-order chi connectivity index (χ0) is 34.8. The molecule has 48 heavy (non-hydrogen) atoms. The van der Waals surface area contributed by atoms with Crippen LogP contribution >= 0.6 is 12.4 Å². The topological polar surface area (TPSA) is 104 Å². The van der Waals surface area contributed by atoms with Crippen LogP contribution in [-0.2, 0) is 35.5 Å². The van der Waals surface area contributed by atoms with Crippen LogP contribution < -0.4 is 11.5 Å². The van der Waals surface area contributed by atoms with Crippen molar-refractivity contribution >= 4 is 18.4 Å². The summed E-state index contributed by atoms with van der Waals surface area (Å²) in [5, 5.41) is 0. The van der Waals surface area contributed by atoms with E-state index in [9.17, 15) is 4.79 Å². The van der Waals surface area contributed by atoms with Crippen molar-refractivity contribution < 1.29 is 9.53 Å². The van der Waals surface area contributed by atoms with Crippen LogP contribution in [0.2, 0.25) is 0 Å². The Kier molecular flexibility index (Phi) is 12.4. The Morgan fingerprint density at radius 3 is 1.27 bits per heavy atom. The summed E-state index contributed by atoms with van der Waals surface area (Å²) in [6, 6.07) is 16.9. The summed E-state index contributed by atoms with van der Waals surface area (Å²) in [7, 11) is 0. The largest absolute Gasteiger partial charge is 0.453 e. The minimum absolute atomic E-state index is 0. The molecule has 0 aliphatic heterocycles. The lowest BCUT2D eigenvalue weighted by Crippen LogP contribution is -2.23. The monoisotopic (exact) mass is 670 g/mol. The summed E-state index contributed by atoms with van der Waals surface area (Å²) in [6.45, 7) is 23.5. The number of nitrogens with zero attached hydrogens (tertiary/aromatic N) is 2. The van der Waals surface area contributed by atoms with Crippen LogP contribution in [0.3, 0.4) is 0 Å². The second-order valence-electron chi connectivity index (χ2n) is 15.4. The van der Waals surface area contributed by atoms with Crippen molar-refractivity contribution in [3.05, 3.63) is 105 Å². The van der Waals surface area contributed by atoms with Crippen molar-refractivity contribution in [2.24, 2.45) is 22.3 Å². The van der Waals surface area contributed by atoms with Gasteiger partial charge in [0.2, 0.25) is 0 Å². The second kappa shape index (κ2) is 15.3. The van der Waals surface area contributed by atoms with Gasteiger partial charge in [-0.25, -0.2) is 0 Å². The molecular formula is C41H55ClN4O2. The van der Waals surface area contributed by atoms with Gasteiger partial charge < -0.3 is 16.2 Å². The number of nitrogens with two attached hydrogens (primary N) is 2. The first-order chi connectivity index (χ1) is 21.9. The highest BCUT2D eigenvalue weighted by Gasteiger charge is 2.34. The van der Waals surface area contributed by atoms with Crippen molar-refractivity contribution in [3.63, 3.8) is 0 Å². The minimum atomic E-state index is -0.803. The van der Waals surface area contributed by atoms with E-state index in [1.807, 2.05) is 13.8 Å². The molecular weight excluding hydrogens is 616 g/mol. The average molecular weight is 671 g/mol. The van der Waals surface area contributed by atoms with Crippen LogP contribution in [-0.4, -0.2) is 15.9 Å². The molecule has 7 heteroatoms. The number of aromatic nitrogens is 2. The number of aryl methyl sites for hydroxylation is 4. The Labute approximate surface area is 294 Å². The normalized spacial score (nSPS) is 11.9. The highest BCUT2D eigenvalue weighted by Crippen LogP contribution is 2.45. The van der Waals surface area contributed by atoms with E-state index in [4.69, 9.17) is 26.2 Å². The summed E-state index contributed by atoms with van der Waals surface area (Å²) < 4.78 is 6.44. The van der Waals surface area contributed by atoms with E-state index in [1.54, 1.807) is 0 Å². The highest BCUT2D eigenvalue weighted by molar-refractivity contribution is 5.85. The van der Waals surface area contributed by atoms with Gasteiger partial charge in [-0.05, 0) is 84.7 Å². The molecule has 0 aliphatic carbocycles. The number of hydrogen-bond donors (Lipinski definition) is 2. The van der Waals surface area contributed by atoms with Crippen LogP contribution in [0.4, 0.5) is 0 Å². The van der Waals surface area contributed by atoms with Gasteiger partial charge in [-0.2, -0.15) is 0 Å². The Morgan fingerprint density at radius 1 is 0.667 bits per heavy atom. The molecule has 2 aromatic carbocycles. The van der Waals surface area contributed by atoms with E-state index in [-0.39, 0.29) is 29.2 Å². The maximum atomic E-state index is 13.1. The van der Waals surface area contributed by atoms with Gasteiger partial charge in [-0.15, -0.1) is 12.4 Å². The number of carbonyl (C=O) groups excluding carboxylic acids is 1. The second-order valence-corrected chi connectivity index (χ2v) is 15.4. The van der Waals surface area contributed by atoms with Crippen molar-refractivity contribution in [3.8, 4) is 22.3 Å². The van der Waals surface area contributed by atoms with Crippen LogP contribution in [0, 0.1) is 38.5 Å². The fraction of sp³-hybridized carbons (Fsp3) is 0.439. The summed E-state index contributed by atoms with van der Waals surface area (Å²) >= 11 is 0. The van der Waals surface area contributed by atoms with Gasteiger partial charge in [0.1, 0.15) is 0 Å². The molecule has 0 radical (unpaired) electrons. The average Bonchev–Trinajstić information content (AvgIpc) is 2.95. The maximum absolute atomic E-state index is 13.1. The van der Waals surface area contributed by atoms with Crippen LogP contribution in [0.15, 0.2) is 48.5 Å². The van der Waals surface area contributed by atoms with Gasteiger partial charge in [0.15, 0.2) is 6.10 Å². The van der Waals surface area contributed by atoms with Gasteiger partial charge in [-0.1, -0.05) is 101 Å². The Hall–Kier alpha value is -3.58. The number of hydrogen-bond acceptors (Lipinski definition) is 6. The zero-order valence-electron chi connectivity index (χ0n) is 30.8. The van der Waals surface area contributed by atoms with Gasteiger partial charge in [-0.3, -0.25) is 14.8 Å². The van der Waals surface area contributed by atoms with Gasteiger partial charge >= 0.3 is 5.97 Å². The maximum Gasteiger partial charge on any atom is 0.303 e. The third-order valence-corrected chi connectivity index (χ3v) is 8.52. The zero-order valence-corrected chi connectivity index (χ0v) is 31.6. The molecule has 0 unspecified atom stereocenters. The molecule has 0 spiro atoms. The molecule has 4 N–H and O–H groups in total. The smallest absolute Gasteiger partial charge is 0.303 e. The van der Waals surface area contributed by atoms with Crippen LogP contribution in [0.5, 0.6) is 0 Å². The predicted molar refractivity (Wildman–Crippen MR) is 201 cm³/mol. The van der Waals surface area contributed by atoms with Crippen molar-refractivity contribution in [1.29, 1.82) is 0 Å².